The maximum Gasteiger partial charge on any atom is 0.193 e. The number of nitrogens with one attached hydrogen (secondary N) is 1. The molecule has 1 aromatic carbocycles. The van der Waals surface area contributed by atoms with Crippen molar-refractivity contribution in [2.24, 2.45) is 10.9 Å². The average Bonchev–Trinajstić information content (AvgIpc) is 2.91. The number of likely N-dealkylation sites (tertiary alicyclic amines) is 1. The third kappa shape index (κ3) is 3.71. The van der Waals surface area contributed by atoms with Crippen LogP contribution in [0.2, 0.25) is 0 Å². The second-order valence-corrected chi connectivity index (χ2v) is 6.80. The largest absolute Gasteiger partial charge is 0.356 e. The van der Waals surface area contributed by atoms with E-state index in [-0.39, 0.29) is 0 Å². The number of nitrogens with zero attached hydrogens (tertiary/aromatic N) is 4. The lowest BCUT2D eigenvalue weighted by Crippen LogP contribution is -2.45. The highest BCUT2D eigenvalue weighted by Crippen LogP contribution is 2.17. The summed E-state index contributed by atoms with van der Waals surface area (Å²) in [5.74, 6) is 2.98. The van der Waals surface area contributed by atoms with Crippen molar-refractivity contribution in [2.45, 2.75) is 39.7 Å². The summed E-state index contributed by atoms with van der Waals surface area (Å²) >= 11 is 0. The fourth-order valence-corrected chi connectivity index (χ4v) is 3.47. The average molecular weight is 327 g/mol. The minimum absolute atomic E-state index is 0.844. The lowest BCUT2D eigenvalue weighted by molar-refractivity contribution is 0.273. The van der Waals surface area contributed by atoms with Crippen LogP contribution in [0, 0.1) is 12.8 Å². The topological polar surface area (TPSA) is 45.5 Å². The molecule has 24 heavy (non-hydrogen) atoms. The molecule has 1 N–H and O–H groups in total. The van der Waals surface area contributed by atoms with Gasteiger partial charge in [0.05, 0.1) is 11.0 Å². The molecule has 0 atom stereocenters. The summed E-state index contributed by atoms with van der Waals surface area (Å²) in [5, 5.41) is 3.53. The van der Waals surface area contributed by atoms with E-state index in [9.17, 15) is 0 Å². The molecule has 1 aromatic heterocycles. The first-order valence-corrected chi connectivity index (χ1v) is 9.06. The summed E-state index contributed by atoms with van der Waals surface area (Å²) < 4.78 is 2.31. The van der Waals surface area contributed by atoms with Crippen LogP contribution in [0.3, 0.4) is 0 Å². The van der Waals surface area contributed by atoms with Gasteiger partial charge in [0, 0.05) is 33.2 Å². The summed E-state index contributed by atoms with van der Waals surface area (Å²) in [4.78, 5) is 11.5. The van der Waals surface area contributed by atoms with Crippen molar-refractivity contribution < 1.29 is 0 Å². The molecule has 0 bridgehead atoms. The minimum atomic E-state index is 0.844. The third-order valence-electron chi connectivity index (χ3n) is 4.98. The summed E-state index contributed by atoms with van der Waals surface area (Å²) in [7, 11) is 1.88. The van der Waals surface area contributed by atoms with E-state index in [0.29, 0.717) is 0 Å². The number of hydrogen-bond donors (Lipinski definition) is 1. The van der Waals surface area contributed by atoms with Gasteiger partial charge in [-0.25, -0.2) is 4.98 Å². The van der Waals surface area contributed by atoms with Gasteiger partial charge in [-0.1, -0.05) is 19.1 Å². The van der Waals surface area contributed by atoms with E-state index in [2.05, 4.69) is 56.8 Å². The maximum atomic E-state index is 4.63. The molecule has 1 aliphatic heterocycles. The van der Waals surface area contributed by atoms with Gasteiger partial charge in [-0.15, -0.1) is 0 Å². The molecular weight excluding hydrogens is 298 g/mol. The van der Waals surface area contributed by atoms with E-state index in [1.165, 1.54) is 18.4 Å². The fourth-order valence-electron chi connectivity index (χ4n) is 3.47. The number of guanidine groups is 1. The summed E-state index contributed by atoms with van der Waals surface area (Å²) in [6.45, 7) is 8.57. The number of aromatic nitrogens is 2. The van der Waals surface area contributed by atoms with Crippen LogP contribution >= 0.6 is 0 Å². The SMILES string of the molecule is CN=C(NCCCn1c(C)nc2ccccc21)N1CCC(C)CC1. The van der Waals surface area contributed by atoms with Gasteiger partial charge in [0.1, 0.15) is 5.82 Å². The van der Waals surface area contributed by atoms with Crippen molar-refractivity contribution >= 4 is 17.0 Å². The number of para-hydroxylation sites is 2. The molecule has 0 saturated carbocycles. The summed E-state index contributed by atoms with van der Waals surface area (Å²) in [6, 6.07) is 8.36. The van der Waals surface area contributed by atoms with Crippen LogP contribution in [0.25, 0.3) is 11.0 Å². The molecule has 0 radical (unpaired) electrons. The Morgan fingerprint density at radius 2 is 2.04 bits per heavy atom. The first-order valence-electron chi connectivity index (χ1n) is 9.06. The van der Waals surface area contributed by atoms with Gasteiger partial charge in [0.2, 0.25) is 0 Å². The Kier molecular flexibility index (Phi) is 5.38. The maximum absolute atomic E-state index is 4.63. The summed E-state index contributed by atoms with van der Waals surface area (Å²) in [5.41, 5.74) is 2.31. The highest BCUT2D eigenvalue weighted by atomic mass is 15.3. The van der Waals surface area contributed by atoms with E-state index in [0.717, 1.165) is 55.8 Å². The fraction of sp³-hybridized carbons (Fsp3) is 0.579. The number of rotatable bonds is 4. The van der Waals surface area contributed by atoms with Crippen LogP contribution in [-0.4, -0.2) is 47.1 Å². The zero-order chi connectivity index (χ0) is 16.9. The number of piperidine rings is 1. The van der Waals surface area contributed by atoms with Crippen molar-refractivity contribution in [3.8, 4) is 0 Å². The highest BCUT2D eigenvalue weighted by molar-refractivity contribution is 5.80. The van der Waals surface area contributed by atoms with Crippen LogP contribution < -0.4 is 5.32 Å². The molecule has 3 rings (SSSR count). The molecule has 5 nitrogen and oxygen atoms in total. The Labute approximate surface area is 144 Å². The Hall–Kier alpha value is -2.04. The quantitative estimate of drug-likeness (QED) is 0.533. The molecule has 1 fully saturated rings. The number of fused-ring (bicyclic) bond motifs is 1. The standard InChI is InChI=1S/C19H29N5/c1-15-9-13-23(14-10-15)19(20-3)21-11-6-12-24-16(2)22-17-7-4-5-8-18(17)24/h4-5,7-8,15H,6,9-14H2,1-3H3,(H,20,21). The van der Waals surface area contributed by atoms with E-state index in [1.54, 1.807) is 0 Å². The van der Waals surface area contributed by atoms with Gasteiger partial charge in [-0.05, 0) is 44.2 Å². The molecule has 2 aromatic rings. The Morgan fingerprint density at radius 1 is 1.29 bits per heavy atom. The van der Waals surface area contributed by atoms with Crippen molar-refractivity contribution in [3.05, 3.63) is 30.1 Å². The van der Waals surface area contributed by atoms with Crippen LogP contribution in [0.1, 0.15) is 32.0 Å². The second kappa shape index (κ2) is 7.69. The van der Waals surface area contributed by atoms with Crippen molar-refractivity contribution in [2.75, 3.05) is 26.7 Å². The van der Waals surface area contributed by atoms with Gasteiger partial charge in [-0.3, -0.25) is 4.99 Å². The van der Waals surface area contributed by atoms with E-state index >= 15 is 0 Å². The third-order valence-corrected chi connectivity index (χ3v) is 4.98. The number of benzene rings is 1. The molecular formula is C19H29N5. The van der Waals surface area contributed by atoms with Gasteiger partial charge in [0.15, 0.2) is 5.96 Å². The molecule has 0 amide bonds. The molecule has 0 spiro atoms. The molecule has 5 heteroatoms. The van der Waals surface area contributed by atoms with Crippen molar-refractivity contribution in [1.82, 2.24) is 19.8 Å². The monoisotopic (exact) mass is 327 g/mol. The van der Waals surface area contributed by atoms with Crippen LogP contribution in [0.15, 0.2) is 29.3 Å². The lowest BCUT2D eigenvalue weighted by Gasteiger charge is -2.32. The Balaban J connectivity index is 1.51. The lowest BCUT2D eigenvalue weighted by atomic mass is 10.00. The normalized spacial score (nSPS) is 16.8. The highest BCUT2D eigenvalue weighted by Gasteiger charge is 2.18. The van der Waals surface area contributed by atoms with E-state index in [1.807, 2.05) is 13.1 Å². The molecule has 130 valence electrons. The van der Waals surface area contributed by atoms with Gasteiger partial charge < -0.3 is 14.8 Å². The number of aliphatic imine (C=N–C) groups is 1. The van der Waals surface area contributed by atoms with E-state index < -0.39 is 0 Å². The molecule has 0 aliphatic carbocycles. The molecule has 1 saturated heterocycles. The van der Waals surface area contributed by atoms with Crippen LogP contribution in [0.4, 0.5) is 0 Å². The van der Waals surface area contributed by atoms with Gasteiger partial charge >= 0.3 is 0 Å². The number of hydrogen-bond acceptors (Lipinski definition) is 2. The first-order chi connectivity index (χ1) is 11.7. The predicted octanol–water partition coefficient (Wildman–Crippen LogP) is 3.04. The Bertz CT molecular complexity index is 695. The zero-order valence-corrected chi connectivity index (χ0v) is 15.1. The smallest absolute Gasteiger partial charge is 0.193 e. The number of imidazole rings is 1. The van der Waals surface area contributed by atoms with E-state index in [4.69, 9.17) is 0 Å². The first kappa shape index (κ1) is 16.8. The zero-order valence-electron chi connectivity index (χ0n) is 15.1. The van der Waals surface area contributed by atoms with Crippen molar-refractivity contribution in [1.29, 1.82) is 0 Å². The van der Waals surface area contributed by atoms with Crippen LogP contribution in [-0.2, 0) is 6.54 Å². The summed E-state index contributed by atoms with van der Waals surface area (Å²) in [6.07, 6.45) is 3.59. The minimum Gasteiger partial charge on any atom is -0.356 e. The van der Waals surface area contributed by atoms with Crippen LogP contribution in [0.5, 0.6) is 0 Å². The molecule has 1 aliphatic rings. The van der Waals surface area contributed by atoms with Gasteiger partial charge in [0.25, 0.3) is 0 Å². The Morgan fingerprint density at radius 3 is 2.79 bits per heavy atom. The number of aryl methyl sites for hydroxylation is 2. The molecule has 0 unspecified atom stereocenters. The van der Waals surface area contributed by atoms with Crippen molar-refractivity contribution in [3.63, 3.8) is 0 Å². The predicted molar refractivity (Wildman–Crippen MR) is 100 cm³/mol. The second-order valence-electron chi connectivity index (χ2n) is 6.80. The van der Waals surface area contributed by atoms with Gasteiger partial charge in [-0.2, -0.15) is 0 Å². The molecule has 2 heterocycles.